The smallest absolute Gasteiger partial charge is 0.311 e. The molecule has 1 aromatic carbocycles. The van der Waals surface area contributed by atoms with Gasteiger partial charge in [0.05, 0.1) is 12.7 Å². The van der Waals surface area contributed by atoms with Crippen LogP contribution in [0.15, 0.2) is 30.3 Å². The van der Waals surface area contributed by atoms with Gasteiger partial charge in [0.15, 0.2) is 0 Å². The van der Waals surface area contributed by atoms with E-state index in [0.717, 1.165) is 19.7 Å². The zero-order valence-corrected chi connectivity index (χ0v) is 9.72. The van der Waals surface area contributed by atoms with Gasteiger partial charge in [-0.15, -0.1) is 0 Å². The second kappa shape index (κ2) is 6.37. The number of esters is 1. The number of hydrogen-bond donors (Lipinski definition) is 1. The fourth-order valence-electron chi connectivity index (χ4n) is 1.75. The van der Waals surface area contributed by atoms with Crippen molar-refractivity contribution in [1.29, 1.82) is 0 Å². The summed E-state index contributed by atoms with van der Waals surface area (Å²) in [6, 6.07) is 9.12. The summed E-state index contributed by atoms with van der Waals surface area (Å²) in [5.74, 6) is 0.394. The first kappa shape index (κ1) is 12.1. The van der Waals surface area contributed by atoms with E-state index in [9.17, 15) is 4.79 Å². The lowest BCUT2D eigenvalue weighted by atomic mass is 10.2. The van der Waals surface area contributed by atoms with Gasteiger partial charge in [0.2, 0.25) is 0 Å². The number of carbonyl (C=O) groups excluding carboxylic acids is 1. The molecular formula is C13H17NO3. The maximum Gasteiger partial charge on any atom is 0.311 e. The normalized spacial score (nSPS) is 19.9. The van der Waals surface area contributed by atoms with Gasteiger partial charge in [-0.2, -0.15) is 0 Å². The Hall–Kier alpha value is -1.39. The van der Waals surface area contributed by atoms with Gasteiger partial charge >= 0.3 is 5.97 Å². The molecule has 17 heavy (non-hydrogen) atoms. The van der Waals surface area contributed by atoms with Crippen LogP contribution >= 0.6 is 0 Å². The van der Waals surface area contributed by atoms with Crippen molar-refractivity contribution in [3.63, 3.8) is 0 Å². The third kappa shape index (κ3) is 4.17. The first-order valence-electron chi connectivity index (χ1n) is 5.92. The Balaban J connectivity index is 1.70. The van der Waals surface area contributed by atoms with Crippen molar-refractivity contribution in [2.75, 3.05) is 19.7 Å². The van der Waals surface area contributed by atoms with Crippen LogP contribution in [0.5, 0.6) is 5.75 Å². The zero-order chi connectivity index (χ0) is 11.9. The molecule has 4 heteroatoms. The molecule has 1 aliphatic rings. The molecular weight excluding hydrogens is 218 g/mol. The van der Waals surface area contributed by atoms with E-state index in [-0.39, 0.29) is 12.1 Å². The topological polar surface area (TPSA) is 47.6 Å². The molecule has 1 heterocycles. The maximum atomic E-state index is 11.6. The number of rotatable bonds is 4. The summed E-state index contributed by atoms with van der Waals surface area (Å²) in [6.07, 6.45) is 1.23. The summed E-state index contributed by atoms with van der Waals surface area (Å²) >= 11 is 0. The molecule has 1 aromatic rings. The number of ether oxygens (including phenoxy) is 2. The molecule has 1 saturated heterocycles. The molecule has 1 unspecified atom stereocenters. The highest BCUT2D eigenvalue weighted by atomic mass is 16.5. The van der Waals surface area contributed by atoms with E-state index in [1.165, 1.54) is 0 Å². The maximum absolute atomic E-state index is 11.6. The number of benzene rings is 1. The third-order valence-corrected chi connectivity index (χ3v) is 2.65. The first-order chi connectivity index (χ1) is 8.34. The number of carbonyl (C=O) groups is 1. The first-order valence-corrected chi connectivity index (χ1v) is 5.92. The van der Waals surface area contributed by atoms with Gasteiger partial charge in [-0.3, -0.25) is 4.79 Å². The molecule has 1 N–H and O–H groups in total. The van der Waals surface area contributed by atoms with Gasteiger partial charge < -0.3 is 14.8 Å². The van der Waals surface area contributed by atoms with Crippen LogP contribution in [-0.4, -0.2) is 31.8 Å². The molecule has 0 saturated carbocycles. The molecule has 2 rings (SSSR count). The summed E-state index contributed by atoms with van der Waals surface area (Å²) in [5, 5.41) is 3.23. The van der Waals surface area contributed by atoms with Crippen LogP contribution in [0.25, 0.3) is 0 Å². The molecule has 0 bridgehead atoms. The van der Waals surface area contributed by atoms with Crippen LogP contribution in [-0.2, 0) is 9.53 Å². The quantitative estimate of drug-likeness (QED) is 0.632. The Morgan fingerprint density at radius 3 is 2.94 bits per heavy atom. The third-order valence-electron chi connectivity index (χ3n) is 2.65. The van der Waals surface area contributed by atoms with E-state index in [1.54, 1.807) is 12.1 Å². The van der Waals surface area contributed by atoms with Crippen LogP contribution in [0, 0.1) is 0 Å². The Labute approximate surface area is 101 Å². The summed E-state index contributed by atoms with van der Waals surface area (Å²) in [5.41, 5.74) is 0. The highest BCUT2D eigenvalue weighted by Gasteiger charge is 2.15. The molecule has 0 spiro atoms. The van der Waals surface area contributed by atoms with E-state index in [2.05, 4.69) is 5.32 Å². The van der Waals surface area contributed by atoms with Crippen molar-refractivity contribution >= 4 is 5.97 Å². The lowest BCUT2D eigenvalue weighted by Gasteiger charge is -2.23. The fourth-order valence-corrected chi connectivity index (χ4v) is 1.75. The summed E-state index contributed by atoms with van der Waals surface area (Å²) < 4.78 is 10.7. The molecule has 0 radical (unpaired) electrons. The minimum absolute atomic E-state index is 0.132. The molecule has 4 nitrogen and oxygen atoms in total. The average Bonchev–Trinajstić information content (AvgIpc) is 2.39. The fraction of sp³-hybridized carbons (Fsp3) is 0.462. The second-order valence-electron chi connectivity index (χ2n) is 4.02. The van der Waals surface area contributed by atoms with E-state index in [1.807, 2.05) is 18.2 Å². The SMILES string of the molecule is O=C(CCC1CNCCO1)Oc1ccccc1. The number of morpholine rings is 1. The van der Waals surface area contributed by atoms with Crippen LogP contribution in [0.2, 0.25) is 0 Å². The monoisotopic (exact) mass is 235 g/mol. The van der Waals surface area contributed by atoms with Crippen molar-refractivity contribution in [3.8, 4) is 5.75 Å². The van der Waals surface area contributed by atoms with Gasteiger partial charge in [-0.05, 0) is 18.6 Å². The predicted molar refractivity (Wildman–Crippen MR) is 63.9 cm³/mol. The Bertz CT molecular complexity index is 347. The van der Waals surface area contributed by atoms with E-state index < -0.39 is 0 Å². The average molecular weight is 235 g/mol. The van der Waals surface area contributed by atoms with Crippen molar-refractivity contribution < 1.29 is 14.3 Å². The van der Waals surface area contributed by atoms with Gasteiger partial charge in [-0.1, -0.05) is 18.2 Å². The lowest BCUT2D eigenvalue weighted by Crippen LogP contribution is -2.38. The van der Waals surface area contributed by atoms with Crippen LogP contribution in [0.4, 0.5) is 0 Å². The van der Waals surface area contributed by atoms with E-state index >= 15 is 0 Å². The van der Waals surface area contributed by atoms with E-state index in [4.69, 9.17) is 9.47 Å². The molecule has 92 valence electrons. The number of hydrogen-bond acceptors (Lipinski definition) is 4. The molecule has 0 aliphatic carbocycles. The highest BCUT2D eigenvalue weighted by Crippen LogP contribution is 2.11. The van der Waals surface area contributed by atoms with Gasteiger partial charge in [0.25, 0.3) is 0 Å². The van der Waals surface area contributed by atoms with Crippen molar-refractivity contribution in [2.45, 2.75) is 18.9 Å². The van der Waals surface area contributed by atoms with Crippen LogP contribution < -0.4 is 10.1 Å². The molecule has 0 aromatic heterocycles. The van der Waals surface area contributed by atoms with Crippen molar-refractivity contribution in [2.24, 2.45) is 0 Å². The molecule has 1 aliphatic heterocycles. The molecule has 0 amide bonds. The van der Waals surface area contributed by atoms with E-state index in [0.29, 0.717) is 18.6 Å². The number of para-hydroxylation sites is 1. The predicted octanol–water partition coefficient (Wildman–Crippen LogP) is 1.36. The van der Waals surface area contributed by atoms with Crippen molar-refractivity contribution in [3.05, 3.63) is 30.3 Å². The summed E-state index contributed by atoms with van der Waals surface area (Å²) in [6.45, 7) is 2.43. The Kier molecular flexibility index (Phi) is 4.53. The summed E-state index contributed by atoms with van der Waals surface area (Å²) in [7, 11) is 0. The van der Waals surface area contributed by atoms with Crippen molar-refractivity contribution in [1.82, 2.24) is 5.32 Å². The second-order valence-corrected chi connectivity index (χ2v) is 4.02. The minimum Gasteiger partial charge on any atom is -0.427 e. The molecule has 1 atom stereocenters. The highest BCUT2D eigenvalue weighted by molar-refractivity contribution is 5.72. The minimum atomic E-state index is -0.203. The zero-order valence-electron chi connectivity index (χ0n) is 9.72. The lowest BCUT2D eigenvalue weighted by molar-refractivity contribution is -0.135. The Morgan fingerprint density at radius 2 is 2.24 bits per heavy atom. The molecule has 1 fully saturated rings. The van der Waals surface area contributed by atoms with Gasteiger partial charge in [0, 0.05) is 19.5 Å². The van der Waals surface area contributed by atoms with Crippen LogP contribution in [0.1, 0.15) is 12.8 Å². The number of nitrogens with one attached hydrogen (secondary N) is 1. The summed E-state index contributed by atoms with van der Waals surface area (Å²) in [4.78, 5) is 11.6. The van der Waals surface area contributed by atoms with Gasteiger partial charge in [-0.25, -0.2) is 0 Å². The largest absolute Gasteiger partial charge is 0.427 e. The van der Waals surface area contributed by atoms with Crippen LogP contribution in [0.3, 0.4) is 0 Å². The standard InChI is InChI=1S/C13H17NO3/c15-13(17-11-4-2-1-3-5-11)7-6-12-10-14-8-9-16-12/h1-5,12,14H,6-10H2. The Morgan fingerprint density at radius 1 is 1.41 bits per heavy atom. The van der Waals surface area contributed by atoms with Gasteiger partial charge in [0.1, 0.15) is 5.75 Å².